The second-order valence-corrected chi connectivity index (χ2v) is 10.2. The van der Waals surface area contributed by atoms with E-state index in [4.69, 9.17) is 0 Å². The maximum atomic E-state index is 13.6. The second-order valence-electron chi connectivity index (χ2n) is 9.20. The van der Waals surface area contributed by atoms with E-state index in [9.17, 15) is 19.7 Å². The zero-order valence-corrected chi connectivity index (χ0v) is 20.9. The number of carbonyl (C=O) groups excluding carboxylic acids is 2. The highest BCUT2D eigenvalue weighted by Crippen LogP contribution is 2.39. The number of non-ortho nitro benzene ring substituents is 1. The monoisotopic (exact) mass is 504 g/mol. The number of hydrogen-bond acceptors (Lipinski definition) is 6. The summed E-state index contributed by atoms with van der Waals surface area (Å²) < 4.78 is 0. The molecule has 2 aliphatic rings. The van der Waals surface area contributed by atoms with E-state index in [-0.39, 0.29) is 29.6 Å². The van der Waals surface area contributed by atoms with Gasteiger partial charge in [0.05, 0.1) is 17.0 Å². The van der Waals surface area contributed by atoms with Gasteiger partial charge in [-0.15, -0.1) is 11.3 Å². The molecule has 2 aliphatic heterocycles. The summed E-state index contributed by atoms with van der Waals surface area (Å²) in [5.41, 5.74) is 2.66. The Morgan fingerprint density at radius 3 is 2.42 bits per heavy atom. The van der Waals surface area contributed by atoms with Crippen molar-refractivity contribution in [2.75, 3.05) is 32.7 Å². The number of nitrogens with zero attached hydrogens (tertiary/aromatic N) is 4. The Hall–Kier alpha value is -3.56. The summed E-state index contributed by atoms with van der Waals surface area (Å²) in [6, 6.07) is 18.0. The first-order valence-corrected chi connectivity index (χ1v) is 13.0. The van der Waals surface area contributed by atoms with Gasteiger partial charge in [-0.3, -0.25) is 24.6 Å². The van der Waals surface area contributed by atoms with Gasteiger partial charge in [0.25, 0.3) is 11.6 Å². The molecule has 36 heavy (non-hydrogen) atoms. The van der Waals surface area contributed by atoms with Gasteiger partial charge in [-0.05, 0) is 42.0 Å². The third-order valence-electron chi connectivity index (χ3n) is 7.16. The highest BCUT2D eigenvalue weighted by Gasteiger charge is 2.37. The van der Waals surface area contributed by atoms with Crippen molar-refractivity contribution in [3.63, 3.8) is 0 Å². The topological polar surface area (TPSA) is 87.0 Å². The zero-order chi connectivity index (χ0) is 25.2. The lowest BCUT2D eigenvalue weighted by molar-refractivity contribution is -0.384. The molecule has 9 heteroatoms. The van der Waals surface area contributed by atoms with Crippen molar-refractivity contribution in [1.82, 2.24) is 14.7 Å². The number of amides is 2. The predicted molar refractivity (Wildman–Crippen MR) is 138 cm³/mol. The van der Waals surface area contributed by atoms with E-state index in [0.29, 0.717) is 31.7 Å². The van der Waals surface area contributed by atoms with E-state index >= 15 is 0 Å². The van der Waals surface area contributed by atoms with E-state index in [0.717, 1.165) is 13.0 Å². The van der Waals surface area contributed by atoms with Gasteiger partial charge in [-0.1, -0.05) is 36.4 Å². The second kappa shape index (κ2) is 10.2. The third-order valence-corrected chi connectivity index (χ3v) is 8.15. The van der Waals surface area contributed by atoms with Crippen LogP contribution in [0.1, 0.15) is 39.3 Å². The zero-order valence-electron chi connectivity index (χ0n) is 20.1. The fourth-order valence-electron chi connectivity index (χ4n) is 5.23. The molecule has 1 saturated heterocycles. The maximum absolute atomic E-state index is 13.6. The highest BCUT2D eigenvalue weighted by atomic mass is 32.1. The number of thiophene rings is 1. The summed E-state index contributed by atoms with van der Waals surface area (Å²) in [5, 5.41) is 13.2. The molecular formula is C27H28N4O4S. The van der Waals surface area contributed by atoms with Crippen LogP contribution in [0.15, 0.2) is 66.0 Å². The molecule has 0 unspecified atom stereocenters. The summed E-state index contributed by atoms with van der Waals surface area (Å²) in [7, 11) is 0. The van der Waals surface area contributed by atoms with Crippen molar-refractivity contribution < 1.29 is 14.5 Å². The van der Waals surface area contributed by atoms with Crippen LogP contribution in [0, 0.1) is 10.1 Å². The highest BCUT2D eigenvalue weighted by molar-refractivity contribution is 7.10. The van der Waals surface area contributed by atoms with Crippen LogP contribution in [-0.2, 0) is 11.2 Å². The van der Waals surface area contributed by atoms with E-state index in [1.54, 1.807) is 22.3 Å². The number of rotatable bonds is 5. The molecule has 0 bridgehead atoms. The Balaban J connectivity index is 1.27. The molecule has 0 N–H and O–H groups in total. The molecule has 3 heterocycles. The molecule has 8 nitrogen and oxygen atoms in total. The molecular weight excluding hydrogens is 476 g/mol. The van der Waals surface area contributed by atoms with Gasteiger partial charge in [-0.2, -0.15) is 0 Å². The molecule has 0 saturated carbocycles. The van der Waals surface area contributed by atoms with E-state index in [2.05, 4.69) is 28.5 Å². The van der Waals surface area contributed by atoms with Crippen LogP contribution in [0.4, 0.5) is 5.69 Å². The molecule has 2 aromatic carbocycles. The molecule has 1 fully saturated rings. The largest absolute Gasteiger partial charge is 0.338 e. The maximum Gasteiger partial charge on any atom is 0.270 e. The van der Waals surface area contributed by atoms with Gasteiger partial charge in [0, 0.05) is 55.3 Å². The van der Waals surface area contributed by atoms with Crippen LogP contribution >= 0.6 is 11.3 Å². The standard InChI is InChI=1S/C27H28N4O4S/c1-19(30-12-10-24-23(11-17-36-24)25(30)20-6-3-2-4-7-20)26(32)28-13-15-29(16-14-28)27(33)21-8-5-9-22(18-21)31(34)35/h2-9,11,17-19,25H,10,12-16H2,1H3/t19-,25-/m1/s1. The summed E-state index contributed by atoms with van der Waals surface area (Å²) in [4.78, 5) is 44.3. The van der Waals surface area contributed by atoms with Crippen LogP contribution in [0.3, 0.4) is 0 Å². The van der Waals surface area contributed by atoms with Gasteiger partial charge in [0.15, 0.2) is 0 Å². The Morgan fingerprint density at radius 2 is 1.69 bits per heavy atom. The predicted octanol–water partition coefficient (Wildman–Crippen LogP) is 3.98. The molecule has 0 aliphatic carbocycles. The van der Waals surface area contributed by atoms with Crippen molar-refractivity contribution in [2.24, 2.45) is 0 Å². The lowest BCUT2D eigenvalue weighted by atomic mass is 9.92. The molecule has 2 amide bonds. The molecule has 0 radical (unpaired) electrons. The van der Waals surface area contributed by atoms with Gasteiger partial charge in [0.1, 0.15) is 0 Å². The molecule has 3 aromatic rings. The minimum absolute atomic E-state index is 0.0388. The van der Waals surface area contributed by atoms with Crippen LogP contribution in [0.25, 0.3) is 0 Å². The number of fused-ring (bicyclic) bond motifs is 1. The number of carbonyl (C=O) groups is 2. The summed E-state index contributed by atoms with van der Waals surface area (Å²) in [5.74, 6) is -0.180. The summed E-state index contributed by atoms with van der Waals surface area (Å²) >= 11 is 1.78. The summed E-state index contributed by atoms with van der Waals surface area (Å²) in [6.45, 7) is 4.48. The first kappa shape index (κ1) is 24.1. The first-order chi connectivity index (χ1) is 17.4. The van der Waals surface area contributed by atoms with Gasteiger partial charge >= 0.3 is 0 Å². The molecule has 2 atom stereocenters. The van der Waals surface area contributed by atoms with Crippen LogP contribution in [-0.4, -0.2) is 70.2 Å². The van der Waals surface area contributed by atoms with Gasteiger partial charge in [0.2, 0.25) is 5.91 Å². The number of piperazine rings is 1. The quantitative estimate of drug-likeness (QED) is 0.388. The SMILES string of the molecule is C[C@H](C(=O)N1CCN(C(=O)c2cccc([N+](=O)[O-])c2)CC1)N1CCc2sccc2[C@H]1c1ccccc1. The average molecular weight is 505 g/mol. The molecule has 186 valence electrons. The van der Waals surface area contributed by atoms with Crippen molar-refractivity contribution in [3.8, 4) is 0 Å². The van der Waals surface area contributed by atoms with Gasteiger partial charge < -0.3 is 9.80 Å². The van der Waals surface area contributed by atoms with E-state index < -0.39 is 4.92 Å². The first-order valence-electron chi connectivity index (χ1n) is 12.1. The third kappa shape index (κ3) is 4.64. The molecule has 5 rings (SSSR count). The average Bonchev–Trinajstić information content (AvgIpc) is 3.41. The number of hydrogen-bond donors (Lipinski definition) is 0. The van der Waals surface area contributed by atoms with Gasteiger partial charge in [-0.25, -0.2) is 0 Å². The smallest absolute Gasteiger partial charge is 0.270 e. The molecule has 0 spiro atoms. The lowest BCUT2D eigenvalue weighted by Crippen LogP contribution is -2.56. The fourth-order valence-corrected chi connectivity index (χ4v) is 6.13. The number of nitro benzene ring substituents is 1. The number of benzene rings is 2. The Morgan fingerprint density at radius 1 is 0.972 bits per heavy atom. The van der Waals surface area contributed by atoms with E-state index in [1.807, 2.05) is 30.0 Å². The Bertz CT molecular complexity index is 1270. The van der Waals surface area contributed by atoms with Crippen molar-refractivity contribution >= 4 is 28.8 Å². The normalized spacial score (nSPS) is 19.0. The van der Waals surface area contributed by atoms with Crippen molar-refractivity contribution in [3.05, 3.63) is 97.7 Å². The minimum atomic E-state index is -0.503. The van der Waals surface area contributed by atoms with E-state index in [1.165, 1.54) is 34.2 Å². The lowest BCUT2D eigenvalue weighted by Gasteiger charge is -2.42. The van der Waals surface area contributed by atoms with Crippen LogP contribution in [0.2, 0.25) is 0 Å². The van der Waals surface area contributed by atoms with Crippen molar-refractivity contribution in [1.29, 1.82) is 0 Å². The fraction of sp³-hybridized carbons (Fsp3) is 0.333. The minimum Gasteiger partial charge on any atom is -0.338 e. The van der Waals surface area contributed by atoms with Crippen molar-refractivity contribution in [2.45, 2.75) is 25.4 Å². The number of nitro groups is 1. The summed E-state index contributed by atoms with van der Waals surface area (Å²) in [6.07, 6.45) is 0.930. The Kier molecular flexibility index (Phi) is 6.84. The Labute approximate surface area is 213 Å². The van der Waals surface area contributed by atoms with Crippen LogP contribution < -0.4 is 0 Å². The molecule has 1 aromatic heterocycles. The van der Waals surface area contributed by atoms with Crippen LogP contribution in [0.5, 0.6) is 0 Å².